The van der Waals surface area contributed by atoms with E-state index in [2.05, 4.69) is 10.2 Å². The molecule has 6 heteroatoms. The number of piperidine rings is 1. The Balaban J connectivity index is 1.37. The number of hydrogen-bond donors (Lipinski definition) is 1. The predicted molar refractivity (Wildman–Crippen MR) is 114 cm³/mol. The van der Waals surface area contributed by atoms with Crippen molar-refractivity contribution in [2.24, 2.45) is 5.92 Å². The molecule has 0 bridgehead atoms. The molecule has 1 heterocycles. The molecule has 150 valence electrons. The number of amides is 1. The lowest BCUT2D eigenvalue weighted by Crippen LogP contribution is -2.41. The second-order valence-electron chi connectivity index (χ2n) is 7.19. The van der Waals surface area contributed by atoms with Gasteiger partial charge in [0.1, 0.15) is 12.4 Å². The molecule has 0 atom stereocenters. The first kappa shape index (κ1) is 21.0. The van der Waals surface area contributed by atoms with Gasteiger partial charge in [-0.2, -0.15) is 0 Å². The number of benzene rings is 2. The number of carbonyl (C=O) groups excluding carboxylic acids is 1. The monoisotopic (exact) mass is 420 g/mol. The van der Waals surface area contributed by atoms with Crippen molar-refractivity contribution in [2.45, 2.75) is 26.3 Å². The first-order valence-corrected chi connectivity index (χ1v) is 10.4. The second kappa shape index (κ2) is 10.1. The third kappa shape index (κ3) is 5.87. The van der Waals surface area contributed by atoms with E-state index in [0.717, 1.165) is 49.4 Å². The summed E-state index contributed by atoms with van der Waals surface area (Å²) < 4.78 is 5.73. The number of likely N-dealkylation sites (tertiary alicyclic amines) is 1. The molecule has 1 saturated heterocycles. The van der Waals surface area contributed by atoms with Crippen LogP contribution in [0.25, 0.3) is 0 Å². The Morgan fingerprint density at radius 3 is 2.64 bits per heavy atom. The summed E-state index contributed by atoms with van der Waals surface area (Å²) in [6.07, 6.45) is 1.71. The van der Waals surface area contributed by atoms with Crippen LogP contribution in [0.2, 0.25) is 10.0 Å². The van der Waals surface area contributed by atoms with Crippen molar-refractivity contribution < 1.29 is 9.53 Å². The molecule has 0 radical (unpaired) electrons. The zero-order valence-corrected chi connectivity index (χ0v) is 17.6. The van der Waals surface area contributed by atoms with Gasteiger partial charge in [-0.1, -0.05) is 47.5 Å². The first-order chi connectivity index (χ1) is 13.5. The van der Waals surface area contributed by atoms with Crippen LogP contribution >= 0.6 is 23.2 Å². The number of nitrogens with zero attached hydrogens (tertiary/aromatic N) is 1. The molecular weight excluding hydrogens is 395 g/mol. The van der Waals surface area contributed by atoms with Gasteiger partial charge in [0.05, 0.1) is 6.54 Å². The Labute approximate surface area is 176 Å². The van der Waals surface area contributed by atoms with Gasteiger partial charge in [-0.15, -0.1) is 0 Å². The number of aryl methyl sites for hydroxylation is 1. The van der Waals surface area contributed by atoms with Crippen LogP contribution < -0.4 is 10.1 Å². The normalized spacial score (nSPS) is 15.4. The molecular formula is C22H26Cl2N2O2. The molecule has 28 heavy (non-hydrogen) atoms. The van der Waals surface area contributed by atoms with Crippen molar-refractivity contribution in [1.82, 2.24) is 10.2 Å². The minimum Gasteiger partial charge on any atom is -0.491 e. The third-order valence-electron chi connectivity index (χ3n) is 5.12. The van der Waals surface area contributed by atoms with Gasteiger partial charge in [0.25, 0.3) is 0 Å². The van der Waals surface area contributed by atoms with Crippen LogP contribution in [0.15, 0.2) is 42.5 Å². The average Bonchev–Trinajstić information content (AvgIpc) is 2.69. The summed E-state index contributed by atoms with van der Waals surface area (Å²) in [5.74, 6) is 1.05. The second-order valence-corrected chi connectivity index (χ2v) is 8.03. The molecule has 0 spiro atoms. The predicted octanol–water partition coefficient (Wildman–Crippen LogP) is 4.71. The van der Waals surface area contributed by atoms with Gasteiger partial charge in [0.2, 0.25) is 5.91 Å². The van der Waals surface area contributed by atoms with Crippen LogP contribution in [0.5, 0.6) is 5.75 Å². The summed E-state index contributed by atoms with van der Waals surface area (Å²) in [4.78, 5) is 14.7. The van der Waals surface area contributed by atoms with Crippen molar-refractivity contribution >= 4 is 29.1 Å². The number of halogens is 2. The highest BCUT2D eigenvalue weighted by molar-refractivity contribution is 6.35. The lowest BCUT2D eigenvalue weighted by Gasteiger charge is -2.31. The van der Waals surface area contributed by atoms with E-state index in [1.807, 2.05) is 43.3 Å². The van der Waals surface area contributed by atoms with Gasteiger partial charge in [-0.25, -0.2) is 0 Å². The summed E-state index contributed by atoms with van der Waals surface area (Å²) in [5, 5.41) is 4.35. The van der Waals surface area contributed by atoms with Gasteiger partial charge in [0.15, 0.2) is 0 Å². The average molecular weight is 421 g/mol. The SMILES string of the molecule is Cc1ccccc1OCCNC(=O)C1CCN(Cc2ccc(Cl)cc2Cl)CC1. The number of rotatable bonds is 7. The maximum absolute atomic E-state index is 12.4. The molecule has 0 aromatic heterocycles. The van der Waals surface area contributed by atoms with Gasteiger partial charge in [-0.05, 0) is 62.2 Å². The number of nitrogens with one attached hydrogen (secondary N) is 1. The van der Waals surface area contributed by atoms with Gasteiger partial charge in [-0.3, -0.25) is 9.69 Å². The molecule has 0 saturated carbocycles. The van der Waals surface area contributed by atoms with Gasteiger partial charge >= 0.3 is 0 Å². The van der Waals surface area contributed by atoms with Crippen molar-refractivity contribution in [3.05, 3.63) is 63.6 Å². The Hall–Kier alpha value is -1.75. The fraction of sp³-hybridized carbons (Fsp3) is 0.409. The molecule has 0 unspecified atom stereocenters. The quantitative estimate of drug-likeness (QED) is 0.659. The highest BCUT2D eigenvalue weighted by atomic mass is 35.5. The molecule has 3 rings (SSSR count). The first-order valence-electron chi connectivity index (χ1n) is 9.65. The summed E-state index contributed by atoms with van der Waals surface area (Å²) in [5.41, 5.74) is 2.17. The van der Waals surface area contributed by atoms with Crippen LogP contribution in [-0.2, 0) is 11.3 Å². The number of para-hydroxylation sites is 1. The Bertz CT molecular complexity index is 805. The van der Waals surface area contributed by atoms with Crippen LogP contribution in [0.4, 0.5) is 0 Å². The van der Waals surface area contributed by atoms with E-state index in [9.17, 15) is 4.79 Å². The van der Waals surface area contributed by atoms with E-state index in [1.54, 1.807) is 6.07 Å². The number of ether oxygens (including phenoxy) is 1. The molecule has 2 aromatic rings. The number of hydrogen-bond acceptors (Lipinski definition) is 3. The Kier molecular flexibility index (Phi) is 7.60. The van der Waals surface area contributed by atoms with E-state index >= 15 is 0 Å². The van der Waals surface area contributed by atoms with Crippen LogP contribution in [0, 0.1) is 12.8 Å². The zero-order chi connectivity index (χ0) is 19.9. The van der Waals surface area contributed by atoms with E-state index < -0.39 is 0 Å². The molecule has 4 nitrogen and oxygen atoms in total. The van der Waals surface area contributed by atoms with Crippen molar-refractivity contribution in [1.29, 1.82) is 0 Å². The fourth-order valence-electron chi connectivity index (χ4n) is 3.44. The van der Waals surface area contributed by atoms with Crippen LogP contribution in [0.3, 0.4) is 0 Å². The molecule has 1 amide bonds. The van der Waals surface area contributed by atoms with E-state index in [0.29, 0.717) is 23.2 Å². The minimum atomic E-state index is 0.0652. The van der Waals surface area contributed by atoms with Crippen molar-refractivity contribution in [3.8, 4) is 5.75 Å². The summed E-state index contributed by atoms with van der Waals surface area (Å²) >= 11 is 12.2. The lowest BCUT2D eigenvalue weighted by molar-refractivity contribution is -0.126. The Morgan fingerprint density at radius 2 is 1.93 bits per heavy atom. The Morgan fingerprint density at radius 1 is 1.18 bits per heavy atom. The highest BCUT2D eigenvalue weighted by Crippen LogP contribution is 2.25. The highest BCUT2D eigenvalue weighted by Gasteiger charge is 2.25. The zero-order valence-electron chi connectivity index (χ0n) is 16.1. The van der Waals surface area contributed by atoms with E-state index in [4.69, 9.17) is 27.9 Å². The fourth-order valence-corrected chi connectivity index (χ4v) is 3.91. The van der Waals surface area contributed by atoms with Crippen molar-refractivity contribution in [3.63, 3.8) is 0 Å². The summed E-state index contributed by atoms with van der Waals surface area (Å²) in [7, 11) is 0. The van der Waals surface area contributed by atoms with Gasteiger partial charge in [0, 0.05) is 22.5 Å². The van der Waals surface area contributed by atoms with E-state index in [1.165, 1.54) is 0 Å². The number of carbonyl (C=O) groups is 1. The molecule has 1 aliphatic heterocycles. The van der Waals surface area contributed by atoms with Crippen molar-refractivity contribution in [2.75, 3.05) is 26.2 Å². The standard InChI is InChI=1S/C22H26Cl2N2O2/c1-16-4-2-3-5-21(16)28-13-10-25-22(27)17-8-11-26(12-9-17)15-18-6-7-19(23)14-20(18)24/h2-7,14,17H,8-13,15H2,1H3,(H,25,27). The van der Waals surface area contributed by atoms with E-state index in [-0.39, 0.29) is 11.8 Å². The minimum absolute atomic E-state index is 0.0652. The van der Waals surface area contributed by atoms with Crippen LogP contribution in [0.1, 0.15) is 24.0 Å². The largest absolute Gasteiger partial charge is 0.491 e. The molecule has 1 aliphatic rings. The third-order valence-corrected chi connectivity index (χ3v) is 5.71. The molecule has 0 aliphatic carbocycles. The smallest absolute Gasteiger partial charge is 0.223 e. The molecule has 1 fully saturated rings. The molecule has 1 N–H and O–H groups in total. The summed E-state index contributed by atoms with van der Waals surface area (Å²) in [6.45, 7) is 5.57. The lowest BCUT2D eigenvalue weighted by atomic mass is 9.95. The topological polar surface area (TPSA) is 41.6 Å². The van der Waals surface area contributed by atoms with Gasteiger partial charge < -0.3 is 10.1 Å². The maximum Gasteiger partial charge on any atom is 0.223 e. The summed E-state index contributed by atoms with van der Waals surface area (Å²) in [6, 6.07) is 13.5. The van der Waals surface area contributed by atoms with Crippen LogP contribution in [-0.4, -0.2) is 37.0 Å². The maximum atomic E-state index is 12.4. The molecule has 2 aromatic carbocycles.